The molecule has 140 valence electrons. The minimum Gasteiger partial charge on any atom is -0.459 e. The third-order valence-corrected chi connectivity index (χ3v) is 4.40. The molecule has 2 aromatic heterocycles. The third-order valence-electron chi connectivity index (χ3n) is 4.40. The fourth-order valence-corrected chi connectivity index (χ4v) is 3.24. The smallest absolute Gasteiger partial charge is 0.342 e. The van der Waals surface area contributed by atoms with Crippen LogP contribution >= 0.6 is 0 Å². The number of anilines is 1. The molecule has 0 unspecified atom stereocenters. The molecule has 0 atom stereocenters. The van der Waals surface area contributed by atoms with Crippen LogP contribution in [0.5, 0.6) is 0 Å². The molecule has 26 heavy (non-hydrogen) atoms. The number of carbonyl (C=O) groups is 1. The number of ether oxygens (including phenoxy) is 1. The molecule has 0 bridgehead atoms. The van der Waals surface area contributed by atoms with Crippen LogP contribution in [0.1, 0.15) is 36.2 Å². The summed E-state index contributed by atoms with van der Waals surface area (Å²) in [5.41, 5.74) is 1.77. The molecule has 2 aromatic rings. The summed E-state index contributed by atoms with van der Waals surface area (Å²) in [7, 11) is 1.94. The van der Waals surface area contributed by atoms with E-state index < -0.39 is 0 Å². The molecule has 1 aliphatic rings. The number of hydrogen-bond acceptors (Lipinski definition) is 6. The second kappa shape index (κ2) is 8.31. The predicted molar refractivity (Wildman–Crippen MR) is 100 cm³/mol. The van der Waals surface area contributed by atoms with Gasteiger partial charge in [0.25, 0.3) is 0 Å². The maximum absolute atomic E-state index is 12.4. The van der Waals surface area contributed by atoms with Crippen molar-refractivity contribution in [3.63, 3.8) is 0 Å². The Morgan fingerprint density at radius 2 is 2.12 bits per heavy atom. The van der Waals surface area contributed by atoms with E-state index in [4.69, 9.17) is 4.74 Å². The number of aromatic nitrogens is 3. The summed E-state index contributed by atoms with van der Waals surface area (Å²) >= 11 is 0. The standard InChI is InChI=1S/C19H27N5O2/c1-15(2)26-19(25)17-6-4-7-20-18(17)24-9-5-8-23(10-11-24)14-16-12-21-22(3)13-16/h4,6-7,12-13,15H,5,8-11,14H2,1-3H3. The third kappa shape index (κ3) is 4.60. The molecule has 7 heteroatoms. The van der Waals surface area contributed by atoms with Gasteiger partial charge in [0.2, 0.25) is 0 Å². The lowest BCUT2D eigenvalue weighted by Crippen LogP contribution is -2.32. The Morgan fingerprint density at radius 1 is 1.27 bits per heavy atom. The number of nitrogens with zero attached hydrogens (tertiary/aromatic N) is 5. The van der Waals surface area contributed by atoms with Crippen molar-refractivity contribution in [2.45, 2.75) is 32.9 Å². The van der Waals surface area contributed by atoms with Crippen LogP contribution in [0.25, 0.3) is 0 Å². The Labute approximate surface area is 154 Å². The van der Waals surface area contributed by atoms with Crippen LogP contribution in [0.2, 0.25) is 0 Å². The Bertz CT molecular complexity index is 743. The molecule has 1 saturated heterocycles. The van der Waals surface area contributed by atoms with Gasteiger partial charge in [-0.25, -0.2) is 9.78 Å². The average molecular weight is 357 g/mol. The van der Waals surface area contributed by atoms with Crippen molar-refractivity contribution in [1.82, 2.24) is 19.7 Å². The van der Waals surface area contributed by atoms with E-state index in [-0.39, 0.29) is 12.1 Å². The zero-order chi connectivity index (χ0) is 18.5. The van der Waals surface area contributed by atoms with Crippen LogP contribution in [0.4, 0.5) is 5.82 Å². The lowest BCUT2D eigenvalue weighted by Gasteiger charge is -2.24. The molecule has 0 aliphatic carbocycles. The molecule has 7 nitrogen and oxygen atoms in total. The van der Waals surface area contributed by atoms with Crippen LogP contribution in [0, 0.1) is 0 Å². The lowest BCUT2D eigenvalue weighted by molar-refractivity contribution is 0.0378. The van der Waals surface area contributed by atoms with E-state index in [1.807, 2.05) is 31.8 Å². The molecule has 3 heterocycles. The van der Waals surface area contributed by atoms with Crippen LogP contribution < -0.4 is 4.90 Å². The maximum atomic E-state index is 12.4. The Kier molecular flexibility index (Phi) is 5.88. The van der Waals surface area contributed by atoms with Crippen molar-refractivity contribution in [3.8, 4) is 0 Å². The van der Waals surface area contributed by atoms with E-state index in [0.717, 1.165) is 45.0 Å². The lowest BCUT2D eigenvalue weighted by atomic mass is 10.2. The van der Waals surface area contributed by atoms with E-state index in [1.165, 1.54) is 5.56 Å². The second-order valence-electron chi connectivity index (χ2n) is 6.97. The molecule has 1 aliphatic heterocycles. The Balaban J connectivity index is 1.68. The van der Waals surface area contributed by atoms with Gasteiger partial charge in [0.05, 0.1) is 12.3 Å². The first-order chi connectivity index (χ1) is 12.5. The van der Waals surface area contributed by atoms with E-state index >= 15 is 0 Å². The number of carbonyl (C=O) groups excluding carboxylic acids is 1. The maximum Gasteiger partial charge on any atom is 0.342 e. The van der Waals surface area contributed by atoms with Gasteiger partial charge in [0.1, 0.15) is 11.4 Å². The Hall–Kier alpha value is -2.41. The van der Waals surface area contributed by atoms with E-state index in [9.17, 15) is 4.79 Å². The first-order valence-electron chi connectivity index (χ1n) is 9.14. The largest absolute Gasteiger partial charge is 0.459 e. The van der Waals surface area contributed by atoms with Gasteiger partial charge >= 0.3 is 5.97 Å². The molecule has 0 spiro atoms. The number of rotatable bonds is 5. The van der Waals surface area contributed by atoms with Gasteiger partial charge in [-0.05, 0) is 32.4 Å². The quantitative estimate of drug-likeness (QED) is 0.764. The highest BCUT2D eigenvalue weighted by Crippen LogP contribution is 2.21. The monoisotopic (exact) mass is 357 g/mol. The van der Waals surface area contributed by atoms with E-state index in [0.29, 0.717) is 5.56 Å². The van der Waals surface area contributed by atoms with Crippen molar-refractivity contribution in [2.24, 2.45) is 7.05 Å². The van der Waals surface area contributed by atoms with Gasteiger partial charge in [0.15, 0.2) is 0 Å². The zero-order valence-corrected chi connectivity index (χ0v) is 15.8. The summed E-state index contributed by atoms with van der Waals surface area (Å²) in [6, 6.07) is 3.58. The van der Waals surface area contributed by atoms with Crippen molar-refractivity contribution < 1.29 is 9.53 Å². The van der Waals surface area contributed by atoms with Gasteiger partial charge in [-0.1, -0.05) is 0 Å². The summed E-state index contributed by atoms with van der Waals surface area (Å²) < 4.78 is 7.21. The van der Waals surface area contributed by atoms with Gasteiger partial charge in [-0.15, -0.1) is 0 Å². The van der Waals surface area contributed by atoms with Crippen LogP contribution in [-0.4, -0.2) is 57.9 Å². The first kappa shape index (κ1) is 18.4. The second-order valence-corrected chi connectivity index (χ2v) is 6.97. The molecular weight excluding hydrogens is 330 g/mol. The highest BCUT2D eigenvalue weighted by molar-refractivity contribution is 5.94. The molecule has 1 fully saturated rings. The predicted octanol–water partition coefficient (Wildman–Crippen LogP) is 2.09. The molecular formula is C19H27N5O2. The minimum absolute atomic E-state index is 0.144. The Morgan fingerprint density at radius 3 is 2.85 bits per heavy atom. The average Bonchev–Trinajstić information content (AvgIpc) is 2.88. The molecule has 3 rings (SSSR count). The molecule has 0 N–H and O–H groups in total. The normalized spacial score (nSPS) is 15.9. The summed E-state index contributed by atoms with van der Waals surface area (Å²) in [6.45, 7) is 8.26. The number of aryl methyl sites for hydroxylation is 1. The fourth-order valence-electron chi connectivity index (χ4n) is 3.24. The van der Waals surface area contributed by atoms with Crippen LogP contribution in [0.15, 0.2) is 30.7 Å². The highest BCUT2D eigenvalue weighted by atomic mass is 16.5. The first-order valence-corrected chi connectivity index (χ1v) is 9.14. The van der Waals surface area contributed by atoms with E-state index in [1.54, 1.807) is 18.3 Å². The number of esters is 1. The topological polar surface area (TPSA) is 63.5 Å². The highest BCUT2D eigenvalue weighted by Gasteiger charge is 2.22. The minimum atomic E-state index is -0.306. The van der Waals surface area contributed by atoms with Crippen LogP contribution in [0.3, 0.4) is 0 Å². The van der Waals surface area contributed by atoms with Crippen LogP contribution in [-0.2, 0) is 18.3 Å². The summed E-state index contributed by atoms with van der Waals surface area (Å²) in [5.74, 6) is 0.418. The zero-order valence-electron chi connectivity index (χ0n) is 15.8. The summed E-state index contributed by atoms with van der Waals surface area (Å²) in [6.07, 6.45) is 6.59. The van der Waals surface area contributed by atoms with E-state index in [2.05, 4.69) is 26.1 Å². The van der Waals surface area contributed by atoms with Gasteiger partial charge in [0, 0.05) is 57.7 Å². The van der Waals surface area contributed by atoms with Gasteiger partial charge in [-0.2, -0.15) is 5.10 Å². The number of hydrogen-bond donors (Lipinski definition) is 0. The van der Waals surface area contributed by atoms with Crippen molar-refractivity contribution in [3.05, 3.63) is 41.9 Å². The molecule has 0 aromatic carbocycles. The SMILES string of the molecule is CC(C)OC(=O)c1cccnc1N1CCCN(Cc2cnn(C)c2)CC1. The summed E-state index contributed by atoms with van der Waals surface area (Å²) in [4.78, 5) is 21.5. The van der Waals surface area contributed by atoms with Gasteiger partial charge in [-0.3, -0.25) is 9.58 Å². The summed E-state index contributed by atoms with van der Waals surface area (Å²) in [5, 5.41) is 4.24. The number of pyridine rings is 1. The molecule has 0 radical (unpaired) electrons. The van der Waals surface area contributed by atoms with Crippen molar-refractivity contribution >= 4 is 11.8 Å². The molecule has 0 saturated carbocycles. The fraction of sp³-hybridized carbons (Fsp3) is 0.526. The van der Waals surface area contributed by atoms with Gasteiger partial charge < -0.3 is 9.64 Å². The van der Waals surface area contributed by atoms with Crippen molar-refractivity contribution in [1.29, 1.82) is 0 Å². The molecule has 0 amide bonds. The van der Waals surface area contributed by atoms with Crippen molar-refractivity contribution in [2.75, 3.05) is 31.1 Å².